The molecule has 118 valence electrons. The number of rotatable bonds is 4. The predicted octanol–water partition coefficient (Wildman–Crippen LogP) is 1.98. The second kappa shape index (κ2) is 5.93. The normalized spacial score (nSPS) is 20.2. The van der Waals surface area contributed by atoms with Crippen LogP contribution in [-0.4, -0.2) is 50.1 Å². The lowest BCUT2D eigenvalue weighted by Crippen LogP contribution is -2.34. The van der Waals surface area contributed by atoms with Crippen molar-refractivity contribution in [2.24, 2.45) is 0 Å². The van der Waals surface area contributed by atoms with E-state index in [-0.39, 0.29) is 11.2 Å². The maximum atomic E-state index is 12.2. The van der Waals surface area contributed by atoms with Gasteiger partial charge in [-0.1, -0.05) is 0 Å². The number of sulfonamides is 1. The summed E-state index contributed by atoms with van der Waals surface area (Å²) in [7, 11) is 0.846. The fourth-order valence-electron chi connectivity index (χ4n) is 2.64. The number of hydrogen-bond acceptors (Lipinski definition) is 4. The van der Waals surface area contributed by atoms with Gasteiger partial charge >= 0.3 is 0 Å². The van der Waals surface area contributed by atoms with Crippen LogP contribution in [0.3, 0.4) is 0 Å². The van der Waals surface area contributed by atoms with E-state index in [1.54, 1.807) is 18.2 Å². The predicted molar refractivity (Wildman–Crippen MR) is 86.3 cm³/mol. The summed E-state index contributed by atoms with van der Waals surface area (Å²) < 4.78 is 26.1. The van der Waals surface area contributed by atoms with Gasteiger partial charge in [0.2, 0.25) is 10.0 Å². The van der Waals surface area contributed by atoms with Gasteiger partial charge in [0.05, 0.1) is 5.25 Å². The molecule has 0 saturated carbocycles. The molecular weight excluding hydrogens is 286 g/mol. The van der Waals surface area contributed by atoms with Crippen LogP contribution >= 0.6 is 0 Å². The molecule has 2 rings (SSSR count). The van der Waals surface area contributed by atoms with E-state index in [0.29, 0.717) is 13.1 Å². The molecule has 0 aliphatic carbocycles. The van der Waals surface area contributed by atoms with Crippen molar-refractivity contribution in [3.8, 4) is 0 Å². The average molecular weight is 311 g/mol. The van der Waals surface area contributed by atoms with E-state index in [9.17, 15) is 8.42 Å². The third-order valence-electron chi connectivity index (χ3n) is 4.00. The van der Waals surface area contributed by atoms with Crippen molar-refractivity contribution in [3.05, 3.63) is 23.5 Å². The van der Waals surface area contributed by atoms with Crippen LogP contribution in [0.4, 0.5) is 5.69 Å². The summed E-state index contributed by atoms with van der Waals surface area (Å²) in [5, 5.41) is -0.362. The number of aromatic nitrogens is 1. The Balaban J connectivity index is 2.22. The van der Waals surface area contributed by atoms with Crippen LogP contribution in [0.25, 0.3) is 0 Å². The van der Waals surface area contributed by atoms with E-state index >= 15 is 0 Å². The Hall–Kier alpha value is -1.14. The zero-order valence-corrected chi connectivity index (χ0v) is 14.3. The average Bonchev–Trinajstić information content (AvgIpc) is 2.87. The van der Waals surface area contributed by atoms with Crippen LogP contribution < -0.4 is 4.90 Å². The SMILES string of the molecule is Cc1cc(N(C)C)cc([C@@H]2CCN(S(=O)(=O)C(C)C)C2)n1. The molecule has 0 aromatic carbocycles. The maximum Gasteiger partial charge on any atom is 0.216 e. The Morgan fingerprint density at radius 1 is 1.33 bits per heavy atom. The lowest BCUT2D eigenvalue weighted by atomic mass is 10.0. The molecule has 0 amide bonds. The Bertz CT molecular complexity index is 611. The number of pyridine rings is 1. The van der Waals surface area contributed by atoms with E-state index in [4.69, 9.17) is 0 Å². The van der Waals surface area contributed by atoms with E-state index in [2.05, 4.69) is 16.0 Å². The molecular formula is C15H25N3O2S. The van der Waals surface area contributed by atoms with Crippen LogP contribution in [0.15, 0.2) is 12.1 Å². The zero-order chi connectivity index (χ0) is 15.8. The molecule has 1 fully saturated rings. The number of anilines is 1. The highest BCUT2D eigenvalue weighted by Crippen LogP contribution is 2.30. The molecule has 21 heavy (non-hydrogen) atoms. The van der Waals surface area contributed by atoms with E-state index in [1.807, 2.05) is 27.1 Å². The van der Waals surface area contributed by atoms with Crippen LogP contribution in [0, 0.1) is 6.92 Å². The van der Waals surface area contributed by atoms with Crippen molar-refractivity contribution in [2.75, 3.05) is 32.1 Å². The summed E-state index contributed by atoms with van der Waals surface area (Å²) in [5.41, 5.74) is 3.09. The summed E-state index contributed by atoms with van der Waals surface area (Å²) in [6, 6.07) is 4.12. The first kappa shape index (κ1) is 16.2. The van der Waals surface area contributed by atoms with Crippen molar-refractivity contribution in [1.82, 2.24) is 9.29 Å². The van der Waals surface area contributed by atoms with Gasteiger partial charge in [0.15, 0.2) is 0 Å². The lowest BCUT2D eigenvalue weighted by Gasteiger charge is -2.20. The molecule has 0 spiro atoms. The van der Waals surface area contributed by atoms with Gasteiger partial charge in [0.25, 0.3) is 0 Å². The van der Waals surface area contributed by atoms with Crippen molar-refractivity contribution < 1.29 is 8.42 Å². The molecule has 1 atom stereocenters. The first-order valence-corrected chi connectivity index (χ1v) is 8.87. The van der Waals surface area contributed by atoms with Crippen LogP contribution in [-0.2, 0) is 10.0 Å². The van der Waals surface area contributed by atoms with Gasteiger partial charge < -0.3 is 4.90 Å². The molecule has 6 heteroatoms. The van der Waals surface area contributed by atoms with E-state index in [0.717, 1.165) is 23.5 Å². The van der Waals surface area contributed by atoms with E-state index in [1.165, 1.54) is 0 Å². The third-order valence-corrected chi connectivity index (χ3v) is 6.24. The highest BCUT2D eigenvalue weighted by Gasteiger charge is 2.34. The van der Waals surface area contributed by atoms with Gasteiger partial charge in [-0.15, -0.1) is 0 Å². The van der Waals surface area contributed by atoms with Gasteiger partial charge in [0, 0.05) is 50.2 Å². The van der Waals surface area contributed by atoms with Gasteiger partial charge in [-0.25, -0.2) is 12.7 Å². The minimum Gasteiger partial charge on any atom is -0.378 e. The fourth-order valence-corrected chi connectivity index (χ4v) is 3.99. The molecule has 2 heterocycles. The van der Waals surface area contributed by atoms with Crippen molar-refractivity contribution in [3.63, 3.8) is 0 Å². The van der Waals surface area contributed by atoms with Crippen molar-refractivity contribution in [1.29, 1.82) is 0 Å². The van der Waals surface area contributed by atoms with Gasteiger partial charge in [-0.3, -0.25) is 4.98 Å². The first-order valence-electron chi connectivity index (χ1n) is 7.36. The highest BCUT2D eigenvalue weighted by atomic mass is 32.2. The summed E-state index contributed by atoms with van der Waals surface area (Å²) in [5.74, 6) is 0.192. The third kappa shape index (κ3) is 3.37. The Morgan fingerprint density at radius 2 is 2.00 bits per heavy atom. The molecule has 1 aliphatic heterocycles. The summed E-state index contributed by atoms with van der Waals surface area (Å²) in [6.07, 6.45) is 0.843. The van der Waals surface area contributed by atoms with Crippen molar-refractivity contribution >= 4 is 15.7 Å². The monoisotopic (exact) mass is 311 g/mol. The Morgan fingerprint density at radius 3 is 2.57 bits per heavy atom. The van der Waals surface area contributed by atoms with Crippen LogP contribution in [0.2, 0.25) is 0 Å². The van der Waals surface area contributed by atoms with Crippen LogP contribution in [0.1, 0.15) is 37.6 Å². The molecule has 5 nitrogen and oxygen atoms in total. The van der Waals surface area contributed by atoms with Gasteiger partial charge in [-0.2, -0.15) is 0 Å². The van der Waals surface area contributed by atoms with E-state index < -0.39 is 10.0 Å². The Labute approximate surface area is 128 Å². The van der Waals surface area contributed by atoms with Gasteiger partial charge in [-0.05, 0) is 39.3 Å². The maximum absolute atomic E-state index is 12.2. The highest BCUT2D eigenvalue weighted by molar-refractivity contribution is 7.89. The minimum absolute atomic E-state index is 0.192. The fraction of sp³-hybridized carbons (Fsp3) is 0.667. The largest absolute Gasteiger partial charge is 0.378 e. The molecule has 0 N–H and O–H groups in total. The first-order chi connectivity index (χ1) is 9.71. The molecule has 1 saturated heterocycles. The second-order valence-electron chi connectivity index (χ2n) is 6.22. The number of nitrogens with zero attached hydrogens (tertiary/aromatic N) is 3. The molecule has 1 aromatic rings. The molecule has 0 unspecified atom stereocenters. The molecule has 0 radical (unpaired) electrons. The number of hydrogen-bond donors (Lipinski definition) is 0. The topological polar surface area (TPSA) is 53.5 Å². The number of aryl methyl sites for hydroxylation is 1. The van der Waals surface area contributed by atoms with Crippen LogP contribution in [0.5, 0.6) is 0 Å². The molecule has 0 bridgehead atoms. The minimum atomic E-state index is -3.16. The quantitative estimate of drug-likeness (QED) is 0.853. The molecule has 1 aromatic heterocycles. The smallest absolute Gasteiger partial charge is 0.216 e. The summed E-state index contributed by atoms with van der Waals surface area (Å²) in [6.45, 7) is 6.59. The van der Waals surface area contributed by atoms with Gasteiger partial charge in [0.1, 0.15) is 0 Å². The lowest BCUT2D eigenvalue weighted by molar-refractivity contribution is 0.465. The second-order valence-corrected chi connectivity index (χ2v) is 8.71. The zero-order valence-electron chi connectivity index (χ0n) is 13.5. The summed E-state index contributed by atoms with van der Waals surface area (Å²) in [4.78, 5) is 6.66. The molecule has 1 aliphatic rings. The Kier molecular flexibility index (Phi) is 4.58. The summed E-state index contributed by atoms with van der Waals surface area (Å²) >= 11 is 0. The van der Waals surface area contributed by atoms with Crippen molar-refractivity contribution in [2.45, 2.75) is 38.4 Å². The standard InChI is InChI=1S/C15H25N3O2S/c1-11(2)21(19,20)18-7-6-13(10-18)15-9-14(17(4)5)8-12(3)16-15/h8-9,11,13H,6-7,10H2,1-5H3/t13-/m1/s1.